The van der Waals surface area contributed by atoms with Crippen molar-refractivity contribution in [3.63, 3.8) is 0 Å². The molecule has 0 aliphatic carbocycles. The molecule has 0 amide bonds. The number of β-amino-alcohol motifs (C(OH)–C–C–N with tert-alkyl or cyclic N) is 1. The van der Waals surface area contributed by atoms with E-state index in [9.17, 15) is 5.11 Å². The molecule has 118 valence electrons. The van der Waals surface area contributed by atoms with Crippen molar-refractivity contribution in [1.82, 2.24) is 4.90 Å². The Morgan fingerprint density at radius 1 is 1.19 bits per heavy atom. The molecule has 1 aromatic rings. The highest BCUT2D eigenvalue weighted by molar-refractivity contribution is 5.28. The summed E-state index contributed by atoms with van der Waals surface area (Å²) in [4.78, 5) is 2.44. The van der Waals surface area contributed by atoms with Gasteiger partial charge in [0, 0.05) is 12.6 Å². The molecule has 21 heavy (non-hydrogen) atoms. The number of aliphatic hydroxyl groups is 1. The summed E-state index contributed by atoms with van der Waals surface area (Å²) in [5.74, 6) is 1.52. The number of likely N-dealkylation sites (tertiary alicyclic amines) is 1. The summed E-state index contributed by atoms with van der Waals surface area (Å²) in [7, 11) is 0. The minimum absolute atomic E-state index is 0.178. The Labute approximate surface area is 128 Å². The third kappa shape index (κ3) is 4.45. The van der Waals surface area contributed by atoms with E-state index in [4.69, 9.17) is 4.74 Å². The van der Waals surface area contributed by atoms with Crippen molar-refractivity contribution in [3.8, 4) is 5.75 Å². The molecule has 3 heteroatoms. The lowest BCUT2D eigenvalue weighted by Gasteiger charge is -2.29. The van der Waals surface area contributed by atoms with Crippen LogP contribution >= 0.6 is 0 Å². The summed E-state index contributed by atoms with van der Waals surface area (Å²) in [6.07, 6.45) is 2.26. The maximum atomic E-state index is 10.5. The second-order valence-corrected chi connectivity index (χ2v) is 6.70. The highest BCUT2D eigenvalue weighted by atomic mass is 16.5. The minimum Gasteiger partial charge on any atom is -0.491 e. The van der Waals surface area contributed by atoms with Gasteiger partial charge in [-0.05, 0) is 56.8 Å². The molecule has 2 atom stereocenters. The van der Waals surface area contributed by atoms with Crippen LogP contribution in [0.5, 0.6) is 5.75 Å². The highest BCUT2D eigenvalue weighted by Crippen LogP contribution is 2.27. The number of benzene rings is 1. The van der Waals surface area contributed by atoms with Gasteiger partial charge in [-0.1, -0.05) is 26.0 Å². The third-order valence-corrected chi connectivity index (χ3v) is 4.23. The van der Waals surface area contributed by atoms with Crippen LogP contribution in [-0.2, 0) is 0 Å². The third-order valence-electron chi connectivity index (χ3n) is 4.23. The van der Waals surface area contributed by atoms with Crippen LogP contribution in [0, 0.1) is 5.92 Å². The molecule has 2 rings (SSSR count). The molecule has 0 spiro atoms. The molecule has 1 aromatic carbocycles. The molecule has 1 heterocycles. The van der Waals surface area contributed by atoms with Crippen molar-refractivity contribution in [1.29, 1.82) is 0 Å². The molecule has 2 unspecified atom stereocenters. The SMILES string of the molecule is CC(C)Oc1ccc(C(O)CN2CCCC2C(C)C)cc1. The molecule has 0 radical (unpaired) electrons. The molecular weight excluding hydrogens is 262 g/mol. The summed E-state index contributed by atoms with van der Waals surface area (Å²) < 4.78 is 5.64. The number of rotatable bonds is 6. The van der Waals surface area contributed by atoms with Crippen LogP contribution in [0.25, 0.3) is 0 Å². The van der Waals surface area contributed by atoms with Crippen LogP contribution in [0.1, 0.15) is 52.2 Å². The van der Waals surface area contributed by atoms with Gasteiger partial charge in [-0.25, -0.2) is 0 Å². The molecule has 1 saturated heterocycles. The number of aliphatic hydroxyl groups excluding tert-OH is 1. The predicted molar refractivity (Wildman–Crippen MR) is 86.6 cm³/mol. The standard InChI is InChI=1S/C18H29NO2/c1-13(2)17-6-5-11-19(17)12-18(20)15-7-9-16(10-8-15)21-14(3)4/h7-10,13-14,17-18,20H,5-6,11-12H2,1-4H3. The van der Waals surface area contributed by atoms with Gasteiger partial charge in [-0.2, -0.15) is 0 Å². The van der Waals surface area contributed by atoms with E-state index < -0.39 is 6.10 Å². The molecule has 0 saturated carbocycles. The van der Waals surface area contributed by atoms with Crippen LogP contribution in [0.4, 0.5) is 0 Å². The largest absolute Gasteiger partial charge is 0.491 e. The van der Waals surface area contributed by atoms with E-state index in [0.717, 1.165) is 24.4 Å². The van der Waals surface area contributed by atoms with E-state index in [1.807, 2.05) is 38.1 Å². The molecule has 1 N–H and O–H groups in total. The molecule has 0 aromatic heterocycles. The first-order chi connectivity index (χ1) is 9.97. The normalized spacial score (nSPS) is 21.2. The highest BCUT2D eigenvalue weighted by Gasteiger charge is 2.28. The van der Waals surface area contributed by atoms with Crippen LogP contribution in [0.3, 0.4) is 0 Å². The van der Waals surface area contributed by atoms with Crippen molar-refractivity contribution in [2.75, 3.05) is 13.1 Å². The predicted octanol–water partition coefficient (Wildman–Crippen LogP) is 3.63. The van der Waals surface area contributed by atoms with Gasteiger partial charge in [0.25, 0.3) is 0 Å². The molecule has 1 aliphatic rings. The fourth-order valence-corrected chi connectivity index (χ4v) is 3.20. The summed E-state index contributed by atoms with van der Waals surface area (Å²) in [6, 6.07) is 8.46. The average molecular weight is 291 g/mol. The van der Waals surface area contributed by atoms with Crippen molar-refractivity contribution >= 4 is 0 Å². The van der Waals surface area contributed by atoms with Crippen molar-refractivity contribution < 1.29 is 9.84 Å². The Balaban J connectivity index is 1.95. The van der Waals surface area contributed by atoms with Gasteiger partial charge in [0.2, 0.25) is 0 Å². The van der Waals surface area contributed by atoms with Crippen LogP contribution in [-0.4, -0.2) is 35.2 Å². The molecule has 1 fully saturated rings. The maximum absolute atomic E-state index is 10.5. The average Bonchev–Trinajstić information content (AvgIpc) is 2.87. The fraction of sp³-hybridized carbons (Fsp3) is 0.667. The number of hydrogen-bond acceptors (Lipinski definition) is 3. The summed E-state index contributed by atoms with van der Waals surface area (Å²) in [5, 5.41) is 10.5. The van der Waals surface area contributed by atoms with Crippen LogP contribution in [0.15, 0.2) is 24.3 Å². The Bertz CT molecular complexity index is 427. The second-order valence-electron chi connectivity index (χ2n) is 6.70. The van der Waals surface area contributed by atoms with E-state index in [2.05, 4.69) is 18.7 Å². The maximum Gasteiger partial charge on any atom is 0.119 e. The quantitative estimate of drug-likeness (QED) is 0.869. The zero-order chi connectivity index (χ0) is 15.4. The van der Waals surface area contributed by atoms with E-state index in [1.54, 1.807) is 0 Å². The van der Waals surface area contributed by atoms with E-state index >= 15 is 0 Å². The van der Waals surface area contributed by atoms with Crippen LogP contribution < -0.4 is 4.74 Å². The first-order valence-corrected chi connectivity index (χ1v) is 8.16. The first-order valence-electron chi connectivity index (χ1n) is 8.16. The van der Waals surface area contributed by atoms with Gasteiger partial charge >= 0.3 is 0 Å². The van der Waals surface area contributed by atoms with Gasteiger partial charge in [0.05, 0.1) is 12.2 Å². The van der Waals surface area contributed by atoms with E-state index in [0.29, 0.717) is 12.0 Å². The molecule has 3 nitrogen and oxygen atoms in total. The van der Waals surface area contributed by atoms with Gasteiger partial charge in [0.1, 0.15) is 5.75 Å². The lowest BCUT2D eigenvalue weighted by molar-refractivity contribution is 0.0938. The first kappa shape index (κ1) is 16.3. The lowest BCUT2D eigenvalue weighted by Crippen LogP contribution is -2.36. The minimum atomic E-state index is -0.419. The van der Waals surface area contributed by atoms with E-state index in [-0.39, 0.29) is 6.10 Å². The lowest BCUT2D eigenvalue weighted by atomic mass is 10.0. The monoisotopic (exact) mass is 291 g/mol. The van der Waals surface area contributed by atoms with Gasteiger partial charge in [0.15, 0.2) is 0 Å². The van der Waals surface area contributed by atoms with Crippen LogP contribution in [0.2, 0.25) is 0 Å². The number of ether oxygens (including phenoxy) is 1. The summed E-state index contributed by atoms with van der Waals surface area (Å²) in [5.41, 5.74) is 0.973. The smallest absolute Gasteiger partial charge is 0.119 e. The fourth-order valence-electron chi connectivity index (χ4n) is 3.20. The Morgan fingerprint density at radius 2 is 1.86 bits per heavy atom. The Kier molecular flexibility index (Phi) is 5.65. The van der Waals surface area contributed by atoms with Crippen molar-refractivity contribution in [2.24, 2.45) is 5.92 Å². The molecule has 0 bridgehead atoms. The summed E-state index contributed by atoms with van der Waals surface area (Å²) in [6.45, 7) is 10.4. The number of nitrogens with zero attached hydrogens (tertiary/aromatic N) is 1. The zero-order valence-corrected chi connectivity index (χ0v) is 13.7. The van der Waals surface area contributed by atoms with Gasteiger partial charge in [-0.3, -0.25) is 4.90 Å². The Morgan fingerprint density at radius 3 is 2.43 bits per heavy atom. The Hall–Kier alpha value is -1.06. The van der Waals surface area contributed by atoms with E-state index in [1.165, 1.54) is 12.8 Å². The topological polar surface area (TPSA) is 32.7 Å². The van der Waals surface area contributed by atoms with Gasteiger partial charge < -0.3 is 9.84 Å². The molecular formula is C18H29NO2. The number of hydrogen-bond donors (Lipinski definition) is 1. The van der Waals surface area contributed by atoms with Gasteiger partial charge in [-0.15, -0.1) is 0 Å². The second kappa shape index (κ2) is 7.28. The summed E-state index contributed by atoms with van der Waals surface area (Å²) >= 11 is 0. The van der Waals surface area contributed by atoms with Crippen molar-refractivity contribution in [2.45, 2.75) is 58.8 Å². The van der Waals surface area contributed by atoms with Crippen molar-refractivity contribution in [3.05, 3.63) is 29.8 Å². The molecule has 1 aliphatic heterocycles. The zero-order valence-electron chi connectivity index (χ0n) is 13.7.